The molecule has 0 aromatic heterocycles. The van der Waals surface area contributed by atoms with Gasteiger partial charge in [0.25, 0.3) is 0 Å². The lowest BCUT2D eigenvalue weighted by Crippen LogP contribution is -2.55. The smallest absolute Gasteiger partial charge is 0.408 e. The summed E-state index contributed by atoms with van der Waals surface area (Å²) in [4.78, 5) is 42.2. The van der Waals surface area contributed by atoms with Crippen LogP contribution in [0.2, 0.25) is 0 Å². The molecule has 0 heterocycles. The minimum atomic E-state index is -0.810. The van der Waals surface area contributed by atoms with E-state index < -0.39 is 23.8 Å². The maximum atomic E-state index is 14.2. The minimum Gasteiger partial charge on any atom is -0.444 e. The molecule has 1 aromatic carbocycles. The van der Waals surface area contributed by atoms with E-state index in [2.05, 4.69) is 24.5 Å². The first-order chi connectivity index (χ1) is 17.3. The van der Waals surface area contributed by atoms with Crippen molar-refractivity contribution in [2.24, 2.45) is 5.92 Å². The molecule has 0 fully saturated rings. The summed E-state index contributed by atoms with van der Waals surface area (Å²) in [6, 6.07) is 6.22. The largest absolute Gasteiger partial charge is 0.444 e. The highest BCUT2D eigenvalue weighted by atomic mass is 16.6. The van der Waals surface area contributed by atoms with E-state index in [9.17, 15) is 14.4 Å². The summed E-state index contributed by atoms with van der Waals surface area (Å²) in [6.45, 7) is 17.8. The highest BCUT2D eigenvalue weighted by molar-refractivity contribution is 5.92. The molecule has 1 rings (SSSR count). The minimum absolute atomic E-state index is 0.0767. The zero-order valence-electron chi connectivity index (χ0n) is 24.6. The van der Waals surface area contributed by atoms with Crippen LogP contribution >= 0.6 is 0 Å². The van der Waals surface area contributed by atoms with Crippen molar-refractivity contribution in [1.29, 1.82) is 0 Å². The molecular weight excluding hydrogens is 466 g/mol. The second-order valence-corrected chi connectivity index (χ2v) is 11.3. The van der Waals surface area contributed by atoms with E-state index in [1.54, 1.807) is 25.7 Å². The van der Waals surface area contributed by atoms with E-state index in [0.717, 1.165) is 43.2 Å². The van der Waals surface area contributed by atoms with Crippen molar-refractivity contribution in [2.75, 3.05) is 6.54 Å². The SMILES string of the molecule is CCCCCCN(C(=O)C(NC(=O)OC(C)(C)C)C(C)CC)C(C(=O)NC(C)C)c1ccc(CC)cc1. The fraction of sp³-hybridized carbons (Fsp3) is 0.700. The van der Waals surface area contributed by atoms with Crippen LogP contribution in [0.5, 0.6) is 0 Å². The van der Waals surface area contributed by atoms with Gasteiger partial charge in [0.1, 0.15) is 17.7 Å². The molecule has 3 atom stereocenters. The van der Waals surface area contributed by atoms with Crippen molar-refractivity contribution in [1.82, 2.24) is 15.5 Å². The van der Waals surface area contributed by atoms with Crippen LogP contribution in [-0.2, 0) is 20.7 Å². The Balaban J connectivity index is 3.50. The monoisotopic (exact) mass is 517 g/mol. The van der Waals surface area contributed by atoms with Crippen molar-refractivity contribution in [3.63, 3.8) is 0 Å². The molecule has 0 bridgehead atoms. The van der Waals surface area contributed by atoms with E-state index in [1.165, 1.54) is 0 Å². The molecule has 0 saturated carbocycles. The zero-order valence-corrected chi connectivity index (χ0v) is 24.6. The summed E-state index contributed by atoms with van der Waals surface area (Å²) in [5, 5.41) is 5.84. The van der Waals surface area contributed by atoms with Gasteiger partial charge in [-0.2, -0.15) is 0 Å². The molecule has 1 aromatic rings. The quantitative estimate of drug-likeness (QED) is 0.289. The molecule has 0 radical (unpaired) electrons. The molecule has 3 unspecified atom stereocenters. The molecule has 3 amide bonds. The van der Waals surface area contributed by atoms with Crippen molar-refractivity contribution < 1.29 is 19.1 Å². The van der Waals surface area contributed by atoms with Gasteiger partial charge in [0, 0.05) is 12.6 Å². The maximum absolute atomic E-state index is 14.2. The topological polar surface area (TPSA) is 87.7 Å². The molecule has 2 N–H and O–H groups in total. The highest BCUT2D eigenvalue weighted by Crippen LogP contribution is 2.26. The molecule has 0 aliphatic heterocycles. The van der Waals surface area contributed by atoms with Crippen LogP contribution in [0.3, 0.4) is 0 Å². The van der Waals surface area contributed by atoms with E-state index in [4.69, 9.17) is 4.74 Å². The van der Waals surface area contributed by atoms with E-state index >= 15 is 0 Å². The number of ether oxygens (including phenoxy) is 1. The van der Waals surface area contributed by atoms with Gasteiger partial charge >= 0.3 is 6.09 Å². The lowest BCUT2D eigenvalue weighted by atomic mass is 9.95. The molecule has 0 saturated heterocycles. The number of benzene rings is 1. The summed E-state index contributed by atoms with van der Waals surface area (Å²) in [5.74, 6) is -0.627. The first-order valence-corrected chi connectivity index (χ1v) is 14.0. The Morgan fingerprint density at radius 2 is 1.54 bits per heavy atom. The van der Waals surface area contributed by atoms with Gasteiger partial charge in [0.15, 0.2) is 0 Å². The highest BCUT2D eigenvalue weighted by Gasteiger charge is 2.38. The van der Waals surface area contributed by atoms with Gasteiger partial charge in [0.2, 0.25) is 11.8 Å². The second-order valence-electron chi connectivity index (χ2n) is 11.3. The van der Waals surface area contributed by atoms with Crippen LogP contribution in [0.4, 0.5) is 4.79 Å². The van der Waals surface area contributed by atoms with Gasteiger partial charge in [-0.1, -0.05) is 77.6 Å². The fourth-order valence-corrected chi connectivity index (χ4v) is 4.14. The Morgan fingerprint density at radius 1 is 0.919 bits per heavy atom. The van der Waals surface area contributed by atoms with E-state index in [-0.39, 0.29) is 23.8 Å². The van der Waals surface area contributed by atoms with Crippen molar-refractivity contribution in [3.05, 3.63) is 35.4 Å². The summed E-state index contributed by atoms with van der Waals surface area (Å²) in [7, 11) is 0. The van der Waals surface area contributed by atoms with E-state index in [1.807, 2.05) is 52.0 Å². The second kappa shape index (κ2) is 15.6. The van der Waals surface area contributed by atoms with Crippen molar-refractivity contribution >= 4 is 17.9 Å². The Kier molecular flexibility index (Phi) is 13.7. The van der Waals surface area contributed by atoms with Crippen molar-refractivity contribution in [3.8, 4) is 0 Å². The van der Waals surface area contributed by atoms with Gasteiger partial charge in [-0.25, -0.2) is 4.79 Å². The predicted molar refractivity (Wildman–Crippen MR) is 150 cm³/mol. The summed E-state index contributed by atoms with van der Waals surface area (Å²) < 4.78 is 5.48. The number of rotatable bonds is 14. The van der Waals surface area contributed by atoms with Crippen LogP contribution in [0.15, 0.2) is 24.3 Å². The number of unbranched alkanes of at least 4 members (excludes halogenated alkanes) is 3. The Bertz CT molecular complexity index is 845. The third-order valence-corrected chi connectivity index (χ3v) is 6.38. The van der Waals surface area contributed by atoms with Crippen LogP contribution < -0.4 is 10.6 Å². The molecule has 7 heteroatoms. The average molecular weight is 518 g/mol. The molecular formula is C30H51N3O4. The van der Waals surface area contributed by atoms with Gasteiger partial charge < -0.3 is 20.3 Å². The first-order valence-electron chi connectivity index (χ1n) is 14.0. The lowest BCUT2D eigenvalue weighted by molar-refractivity contribution is -0.143. The van der Waals surface area contributed by atoms with Gasteiger partial charge in [-0.05, 0) is 64.5 Å². The number of carbonyl (C=O) groups is 3. The number of amides is 3. The van der Waals surface area contributed by atoms with Gasteiger partial charge in [-0.15, -0.1) is 0 Å². The van der Waals surface area contributed by atoms with Crippen molar-refractivity contribution in [2.45, 2.75) is 125 Å². The molecule has 37 heavy (non-hydrogen) atoms. The Labute approximate surface area is 225 Å². The summed E-state index contributed by atoms with van der Waals surface area (Å²) in [6.07, 6.45) is 4.80. The predicted octanol–water partition coefficient (Wildman–Crippen LogP) is 6.16. The Hall–Kier alpha value is -2.57. The zero-order chi connectivity index (χ0) is 28.2. The summed E-state index contributed by atoms with van der Waals surface area (Å²) >= 11 is 0. The fourth-order valence-electron chi connectivity index (χ4n) is 4.14. The number of carbonyl (C=O) groups excluding carboxylic acids is 3. The molecule has 210 valence electrons. The lowest BCUT2D eigenvalue weighted by Gasteiger charge is -2.36. The number of alkyl carbamates (subject to hydrolysis) is 1. The number of hydrogen-bond donors (Lipinski definition) is 2. The first kappa shape index (κ1) is 32.5. The van der Waals surface area contributed by atoms with Gasteiger partial charge in [-0.3, -0.25) is 9.59 Å². The number of nitrogens with one attached hydrogen (secondary N) is 2. The van der Waals surface area contributed by atoms with Crippen LogP contribution in [0.1, 0.15) is 112 Å². The number of aryl methyl sites for hydroxylation is 1. The molecule has 0 aliphatic rings. The van der Waals surface area contributed by atoms with E-state index in [0.29, 0.717) is 13.0 Å². The normalized spacial score (nSPS) is 14.0. The van der Waals surface area contributed by atoms with Crippen LogP contribution in [-0.4, -0.2) is 47.0 Å². The van der Waals surface area contributed by atoms with Crippen LogP contribution in [0, 0.1) is 5.92 Å². The van der Waals surface area contributed by atoms with Gasteiger partial charge in [0.05, 0.1) is 0 Å². The number of nitrogens with zero attached hydrogens (tertiary/aromatic N) is 1. The molecule has 7 nitrogen and oxygen atoms in total. The maximum Gasteiger partial charge on any atom is 0.408 e. The summed E-state index contributed by atoms with van der Waals surface area (Å²) in [5.41, 5.74) is 1.24. The average Bonchev–Trinajstić information content (AvgIpc) is 2.82. The third-order valence-electron chi connectivity index (χ3n) is 6.38. The van der Waals surface area contributed by atoms with Crippen LogP contribution in [0.25, 0.3) is 0 Å². The molecule has 0 aliphatic carbocycles. The Morgan fingerprint density at radius 3 is 2.03 bits per heavy atom. The standard InChI is InChI=1S/C30H51N3O4/c1-10-13-14-15-20-33(28(35)25(22(6)11-2)32-29(36)37-30(7,8)9)26(27(34)31-21(4)5)24-18-16-23(12-3)17-19-24/h16-19,21-22,25-26H,10-15,20H2,1-9H3,(H,31,34)(H,32,36). The number of hydrogen-bond acceptors (Lipinski definition) is 4. The molecule has 0 spiro atoms. The third kappa shape index (κ3) is 11.1.